The summed E-state index contributed by atoms with van der Waals surface area (Å²) in [6.07, 6.45) is 0.315. The molecule has 0 saturated carbocycles. The number of ether oxygens (including phenoxy) is 1. The monoisotopic (exact) mass is 319 g/mol. The Balaban J connectivity index is 2.01. The molecule has 23 heavy (non-hydrogen) atoms. The van der Waals surface area contributed by atoms with Crippen molar-refractivity contribution in [3.63, 3.8) is 0 Å². The van der Waals surface area contributed by atoms with Gasteiger partial charge < -0.3 is 20.7 Å². The molecule has 1 aromatic carbocycles. The molecule has 1 aliphatic heterocycles. The molecular weight excluding hydrogens is 294 g/mol. The molecule has 2 rings (SSSR count). The molecule has 126 valence electrons. The van der Waals surface area contributed by atoms with Crippen LogP contribution in [0.3, 0.4) is 0 Å². The lowest BCUT2D eigenvalue weighted by Crippen LogP contribution is -2.43. The fourth-order valence-corrected chi connectivity index (χ4v) is 2.37. The Morgan fingerprint density at radius 3 is 2.70 bits per heavy atom. The highest BCUT2D eigenvalue weighted by atomic mass is 16.5. The lowest BCUT2D eigenvalue weighted by Gasteiger charge is -2.24. The molecular formula is C17H25N3O3. The van der Waals surface area contributed by atoms with Crippen LogP contribution in [0.15, 0.2) is 24.3 Å². The number of carbonyl (C=O) groups is 2. The molecule has 0 bridgehead atoms. The number of nitrogens with one attached hydrogen (secondary N) is 3. The van der Waals surface area contributed by atoms with E-state index in [1.165, 1.54) is 0 Å². The minimum Gasteiger partial charge on any atom is -0.378 e. The Morgan fingerprint density at radius 2 is 2.04 bits per heavy atom. The SMILES string of the molecule is CC(C)(C)NC(=O)c1ccccc1NC(=O)CC1COCCN1. The largest absolute Gasteiger partial charge is 0.378 e. The van der Waals surface area contributed by atoms with E-state index in [1.54, 1.807) is 24.3 Å². The second-order valence-corrected chi connectivity index (χ2v) is 6.73. The van der Waals surface area contributed by atoms with Gasteiger partial charge in [0.05, 0.1) is 24.5 Å². The summed E-state index contributed by atoms with van der Waals surface area (Å²) in [5.74, 6) is -0.337. The van der Waals surface area contributed by atoms with Gasteiger partial charge in [-0.15, -0.1) is 0 Å². The van der Waals surface area contributed by atoms with Crippen LogP contribution in [0.25, 0.3) is 0 Å². The van der Waals surface area contributed by atoms with Crippen LogP contribution in [0.2, 0.25) is 0 Å². The predicted molar refractivity (Wildman–Crippen MR) is 89.5 cm³/mol. The van der Waals surface area contributed by atoms with Crippen LogP contribution < -0.4 is 16.0 Å². The first-order valence-electron chi connectivity index (χ1n) is 7.88. The smallest absolute Gasteiger partial charge is 0.253 e. The third-order valence-electron chi connectivity index (χ3n) is 3.36. The van der Waals surface area contributed by atoms with Crippen LogP contribution in [-0.4, -0.2) is 43.2 Å². The number of benzene rings is 1. The van der Waals surface area contributed by atoms with Crippen LogP contribution in [0, 0.1) is 0 Å². The van der Waals surface area contributed by atoms with Gasteiger partial charge in [0.25, 0.3) is 5.91 Å². The maximum Gasteiger partial charge on any atom is 0.253 e. The average Bonchev–Trinajstić information content (AvgIpc) is 2.47. The fourth-order valence-electron chi connectivity index (χ4n) is 2.37. The zero-order valence-electron chi connectivity index (χ0n) is 13.9. The molecule has 0 spiro atoms. The number of morpholine rings is 1. The molecule has 1 fully saturated rings. The van der Waals surface area contributed by atoms with Gasteiger partial charge in [-0.1, -0.05) is 12.1 Å². The van der Waals surface area contributed by atoms with Gasteiger partial charge in [0.1, 0.15) is 0 Å². The molecule has 2 amide bonds. The van der Waals surface area contributed by atoms with Gasteiger partial charge in [-0.2, -0.15) is 0 Å². The highest BCUT2D eigenvalue weighted by Crippen LogP contribution is 2.17. The van der Waals surface area contributed by atoms with Crippen molar-refractivity contribution in [2.75, 3.05) is 25.1 Å². The van der Waals surface area contributed by atoms with E-state index in [0.717, 1.165) is 6.54 Å². The quantitative estimate of drug-likeness (QED) is 0.786. The fraction of sp³-hybridized carbons (Fsp3) is 0.529. The Labute approximate surface area is 137 Å². The molecule has 0 aromatic heterocycles. The van der Waals surface area contributed by atoms with Crippen molar-refractivity contribution in [2.45, 2.75) is 38.8 Å². The lowest BCUT2D eigenvalue weighted by molar-refractivity contribution is -0.117. The summed E-state index contributed by atoms with van der Waals surface area (Å²) >= 11 is 0. The van der Waals surface area contributed by atoms with Gasteiger partial charge in [-0.05, 0) is 32.9 Å². The second-order valence-electron chi connectivity index (χ2n) is 6.73. The van der Waals surface area contributed by atoms with E-state index in [0.29, 0.717) is 30.9 Å². The summed E-state index contributed by atoms with van der Waals surface area (Å²) in [5, 5.41) is 8.98. The van der Waals surface area contributed by atoms with Crippen molar-refractivity contribution in [1.82, 2.24) is 10.6 Å². The second kappa shape index (κ2) is 7.57. The first kappa shape index (κ1) is 17.4. The minimum atomic E-state index is -0.336. The first-order chi connectivity index (χ1) is 10.8. The van der Waals surface area contributed by atoms with Crippen molar-refractivity contribution < 1.29 is 14.3 Å². The molecule has 1 saturated heterocycles. The first-order valence-corrected chi connectivity index (χ1v) is 7.88. The van der Waals surface area contributed by atoms with Gasteiger partial charge in [0.15, 0.2) is 0 Å². The minimum absolute atomic E-state index is 0.0133. The van der Waals surface area contributed by atoms with E-state index in [4.69, 9.17) is 4.74 Å². The van der Waals surface area contributed by atoms with Crippen LogP contribution in [0.5, 0.6) is 0 Å². The predicted octanol–water partition coefficient (Wildman–Crippen LogP) is 1.53. The van der Waals surface area contributed by atoms with E-state index in [-0.39, 0.29) is 23.4 Å². The standard InChI is InChI=1S/C17H25N3O3/c1-17(2,3)20-16(22)13-6-4-5-7-14(13)19-15(21)10-12-11-23-9-8-18-12/h4-7,12,18H,8-11H2,1-3H3,(H,19,21)(H,20,22). The lowest BCUT2D eigenvalue weighted by atomic mass is 10.1. The Hall–Kier alpha value is -1.92. The molecule has 1 unspecified atom stereocenters. The van der Waals surface area contributed by atoms with E-state index < -0.39 is 0 Å². The van der Waals surface area contributed by atoms with Crippen LogP contribution in [-0.2, 0) is 9.53 Å². The topological polar surface area (TPSA) is 79.5 Å². The van der Waals surface area contributed by atoms with Crippen molar-refractivity contribution in [2.24, 2.45) is 0 Å². The van der Waals surface area contributed by atoms with Gasteiger partial charge in [0.2, 0.25) is 5.91 Å². The van der Waals surface area contributed by atoms with Gasteiger partial charge in [-0.3, -0.25) is 9.59 Å². The number of para-hydroxylation sites is 1. The molecule has 1 heterocycles. The van der Waals surface area contributed by atoms with Gasteiger partial charge in [-0.25, -0.2) is 0 Å². The maximum absolute atomic E-state index is 12.4. The van der Waals surface area contributed by atoms with E-state index >= 15 is 0 Å². The molecule has 6 heteroatoms. The number of carbonyl (C=O) groups excluding carboxylic acids is 2. The Bertz CT molecular complexity index is 560. The molecule has 1 aromatic rings. The summed E-state index contributed by atoms with van der Waals surface area (Å²) in [4.78, 5) is 24.6. The highest BCUT2D eigenvalue weighted by molar-refractivity contribution is 6.04. The number of rotatable bonds is 4. The summed E-state index contributed by atoms with van der Waals surface area (Å²) in [6, 6.07) is 7.04. The summed E-state index contributed by atoms with van der Waals surface area (Å²) in [6.45, 7) is 7.71. The van der Waals surface area contributed by atoms with Crippen LogP contribution in [0.1, 0.15) is 37.6 Å². The van der Waals surface area contributed by atoms with Crippen LogP contribution in [0.4, 0.5) is 5.69 Å². The van der Waals surface area contributed by atoms with Crippen molar-refractivity contribution in [3.05, 3.63) is 29.8 Å². The zero-order valence-corrected chi connectivity index (χ0v) is 13.9. The summed E-state index contributed by atoms with van der Waals surface area (Å²) in [7, 11) is 0. The number of hydrogen-bond acceptors (Lipinski definition) is 4. The molecule has 6 nitrogen and oxygen atoms in total. The Morgan fingerprint density at radius 1 is 1.30 bits per heavy atom. The van der Waals surface area contributed by atoms with Crippen molar-refractivity contribution in [1.29, 1.82) is 0 Å². The number of anilines is 1. The van der Waals surface area contributed by atoms with Gasteiger partial charge in [0, 0.05) is 24.5 Å². The van der Waals surface area contributed by atoms with Crippen molar-refractivity contribution >= 4 is 17.5 Å². The third kappa shape index (κ3) is 5.65. The normalized spacial score (nSPS) is 18.3. The molecule has 1 atom stereocenters. The summed E-state index contributed by atoms with van der Waals surface area (Å²) in [5.41, 5.74) is 0.650. The molecule has 0 aliphatic carbocycles. The average molecular weight is 319 g/mol. The number of amides is 2. The number of hydrogen-bond donors (Lipinski definition) is 3. The van der Waals surface area contributed by atoms with E-state index in [9.17, 15) is 9.59 Å². The molecule has 0 radical (unpaired) electrons. The van der Waals surface area contributed by atoms with E-state index in [1.807, 2.05) is 20.8 Å². The highest BCUT2D eigenvalue weighted by Gasteiger charge is 2.20. The van der Waals surface area contributed by atoms with E-state index in [2.05, 4.69) is 16.0 Å². The Kier molecular flexibility index (Phi) is 5.74. The van der Waals surface area contributed by atoms with Crippen molar-refractivity contribution in [3.8, 4) is 0 Å². The summed E-state index contributed by atoms with van der Waals surface area (Å²) < 4.78 is 5.34. The van der Waals surface area contributed by atoms with Gasteiger partial charge >= 0.3 is 0 Å². The molecule has 1 aliphatic rings. The molecule has 3 N–H and O–H groups in total. The maximum atomic E-state index is 12.4. The van der Waals surface area contributed by atoms with Crippen LogP contribution >= 0.6 is 0 Å². The third-order valence-corrected chi connectivity index (χ3v) is 3.36. The zero-order chi connectivity index (χ0) is 16.9.